The summed E-state index contributed by atoms with van der Waals surface area (Å²) in [5, 5.41) is 2.88. The van der Waals surface area contributed by atoms with Gasteiger partial charge in [0, 0.05) is 44.0 Å². The topological polar surface area (TPSA) is 71.1 Å². The van der Waals surface area contributed by atoms with Gasteiger partial charge >= 0.3 is 0 Å². The van der Waals surface area contributed by atoms with E-state index in [4.69, 9.17) is 9.47 Å². The molecule has 1 aliphatic heterocycles. The number of ether oxygens (including phenoxy) is 2. The molecule has 2 amide bonds. The van der Waals surface area contributed by atoms with E-state index >= 15 is 0 Å². The van der Waals surface area contributed by atoms with Gasteiger partial charge in [-0.1, -0.05) is 0 Å². The van der Waals surface area contributed by atoms with E-state index in [9.17, 15) is 9.59 Å². The second-order valence-corrected chi connectivity index (χ2v) is 7.27. The van der Waals surface area contributed by atoms with E-state index in [1.54, 1.807) is 29.2 Å². The summed E-state index contributed by atoms with van der Waals surface area (Å²) in [5.41, 5.74) is 2.34. The first kappa shape index (κ1) is 21.5. The average Bonchev–Trinajstić information content (AvgIpc) is 3.32. The molecule has 0 unspecified atom stereocenters. The fraction of sp³-hybridized carbons (Fsp3) is 0.391. The van der Waals surface area contributed by atoms with Crippen LogP contribution in [0.4, 0.5) is 11.4 Å². The number of likely N-dealkylation sites (tertiary alicyclic amines) is 1. The first-order valence-electron chi connectivity index (χ1n) is 10.2. The summed E-state index contributed by atoms with van der Waals surface area (Å²) in [6.45, 7) is 4.37. The number of nitrogens with zero attached hydrogens (tertiary/aromatic N) is 2. The molecule has 160 valence electrons. The van der Waals surface area contributed by atoms with Crippen LogP contribution in [0, 0.1) is 0 Å². The molecule has 1 saturated heterocycles. The van der Waals surface area contributed by atoms with E-state index in [1.165, 1.54) is 14.2 Å². The zero-order valence-corrected chi connectivity index (χ0v) is 18.0. The molecule has 2 aromatic carbocycles. The van der Waals surface area contributed by atoms with Crippen LogP contribution in [0.3, 0.4) is 0 Å². The van der Waals surface area contributed by atoms with E-state index in [2.05, 4.69) is 17.1 Å². The molecule has 1 heterocycles. The molecule has 3 rings (SSSR count). The molecule has 0 bridgehead atoms. The molecule has 1 aliphatic rings. The first-order chi connectivity index (χ1) is 14.5. The van der Waals surface area contributed by atoms with Gasteiger partial charge in [-0.05, 0) is 50.1 Å². The molecule has 0 spiro atoms. The van der Waals surface area contributed by atoms with Crippen molar-refractivity contribution in [2.24, 2.45) is 0 Å². The van der Waals surface area contributed by atoms with Crippen molar-refractivity contribution in [2.45, 2.75) is 19.8 Å². The maximum absolute atomic E-state index is 13.1. The van der Waals surface area contributed by atoms with Gasteiger partial charge in [-0.2, -0.15) is 0 Å². The van der Waals surface area contributed by atoms with E-state index in [0.29, 0.717) is 41.4 Å². The van der Waals surface area contributed by atoms with Crippen LogP contribution in [0.2, 0.25) is 0 Å². The maximum atomic E-state index is 13.1. The number of amides is 2. The Morgan fingerprint density at radius 2 is 1.63 bits per heavy atom. The van der Waals surface area contributed by atoms with Crippen molar-refractivity contribution >= 4 is 23.2 Å². The first-order valence-corrected chi connectivity index (χ1v) is 10.2. The van der Waals surface area contributed by atoms with E-state index in [-0.39, 0.29) is 11.8 Å². The lowest BCUT2D eigenvalue weighted by atomic mass is 10.1. The van der Waals surface area contributed by atoms with Gasteiger partial charge in [0.05, 0.1) is 25.5 Å². The molecule has 0 saturated carbocycles. The number of nitrogens with one attached hydrogen (secondary N) is 1. The van der Waals surface area contributed by atoms with Crippen LogP contribution in [-0.2, 0) is 0 Å². The fourth-order valence-electron chi connectivity index (χ4n) is 3.49. The molecular formula is C23H29N3O4. The summed E-state index contributed by atoms with van der Waals surface area (Å²) in [5.74, 6) is 0.489. The predicted molar refractivity (Wildman–Crippen MR) is 118 cm³/mol. The van der Waals surface area contributed by atoms with E-state index in [1.807, 2.05) is 19.2 Å². The molecule has 0 aromatic heterocycles. The standard InChI is InChI=1S/C23H29N3O4/c1-5-25(2)17-10-8-16(9-11-17)22(27)24-19-15-21(30-4)20(29-3)14-18(19)23(28)26-12-6-7-13-26/h8-11,14-15H,5-7,12-13H2,1-4H3,(H,24,27). The summed E-state index contributed by atoms with van der Waals surface area (Å²) >= 11 is 0. The molecule has 1 fully saturated rings. The molecule has 0 radical (unpaired) electrons. The van der Waals surface area contributed by atoms with Crippen molar-refractivity contribution in [2.75, 3.05) is 51.1 Å². The molecule has 0 atom stereocenters. The second-order valence-electron chi connectivity index (χ2n) is 7.27. The van der Waals surface area contributed by atoms with Crippen LogP contribution in [0.25, 0.3) is 0 Å². The number of benzene rings is 2. The van der Waals surface area contributed by atoms with Crippen LogP contribution >= 0.6 is 0 Å². The zero-order chi connectivity index (χ0) is 21.7. The summed E-state index contributed by atoms with van der Waals surface area (Å²) in [7, 11) is 5.04. The highest BCUT2D eigenvalue weighted by Gasteiger charge is 2.25. The third-order valence-electron chi connectivity index (χ3n) is 5.44. The van der Waals surface area contributed by atoms with Crippen LogP contribution in [0.5, 0.6) is 11.5 Å². The summed E-state index contributed by atoms with van der Waals surface area (Å²) in [6, 6.07) is 10.6. The second kappa shape index (κ2) is 9.52. The summed E-state index contributed by atoms with van der Waals surface area (Å²) in [4.78, 5) is 29.9. The Morgan fingerprint density at radius 1 is 1.03 bits per heavy atom. The summed E-state index contributed by atoms with van der Waals surface area (Å²) in [6.07, 6.45) is 1.97. The highest BCUT2D eigenvalue weighted by Crippen LogP contribution is 2.34. The number of rotatable bonds is 7. The fourth-order valence-corrected chi connectivity index (χ4v) is 3.49. The van der Waals surface area contributed by atoms with Crippen LogP contribution in [-0.4, -0.2) is 57.6 Å². The van der Waals surface area contributed by atoms with Crippen molar-refractivity contribution in [1.82, 2.24) is 4.90 Å². The number of hydrogen-bond acceptors (Lipinski definition) is 5. The predicted octanol–water partition coefficient (Wildman–Crippen LogP) is 3.65. The lowest BCUT2D eigenvalue weighted by Gasteiger charge is -2.20. The molecule has 2 aromatic rings. The minimum atomic E-state index is -0.289. The highest BCUT2D eigenvalue weighted by atomic mass is 16.5. The molecule has 7 heteroatoms. The third kappa shape index (κ3) is 4.50. The van der Waals surface area contributed by atoms with Gasteiger partial charge in [0.25, 0.3) is 11.8 Å². The van der Waals surface area contributed by atoms with Gasteiger partial charge in [-0.25, -0.2) is 0 Å². The molecule has 30 heavy (non-hydrogen) atoms. The lowest BCUT2D eigenvalue weighted by Crippen LogP contribution is -2.29. The summed E-state index contributed by atoms with van der Waals surface area (Å²) < 4.78 is 10.7. The molecular weight excluding hydrogens is 382 g/mol. The van der Waals surface area contributed by atoms with Gasteiger partial charge < -0.3 is 24.6 Å². The van der Waals surface area contributed by atoms with Gasteiger partial charge in [-0.3, -0.25) is 9.59 Å². The van der Waals surface area contributed by atoms with Crippen LogP contribution in [0.15, 0.2) is 36.4 Å². The SMILES string of the molecule is CCN(C)c1ccc(C(=O)Nc2cc(OC)c(OC)cc2C(=O)N2CCCC2)cc1. The van der Waals surface area contributed by atoms with Crippen molar-refractivity contribution < 1.29 is 19.1 Å². The van der Waals surface area contributed by atoms with Crippen LogP contribution in [0.1, 0.15) is 40.5 Å². The Kier molecular flexibility index (Phi) is 6.82. The minimum absolute atomic E-state index is 0.122. The number of carbonyl (C=O) groups is 2. The number of methoxy groups -OCH3 is 2. The normalized spacial score (nSPS) is 13.1. The molecule has 0 aliphatic carbocycles. The quantitative estimate of drug-likeness (QED) is 0.753. The van der Waals surface area contributed by atoms with Crippen molar-refractivity contribution in [3.63, 3.8) is 0 Å². The smallest absolute Gasteiger partial charge is 0.256 e. The van der Waals surface area contributed by atoms with Crippen molar-refractivity contribution in [3.05, 3.63) is 47.5 Å². The van der Waals surface area contributed by atoms with E-state index < -0.39 is 0 Å². The Hall–Kier alpha value is -3.22. The largest absolute Gasteiger partial charge is 0.493 e. The van der Waals surface area contributed by atoms with Gasteiger partial charge in [0.2, 0.25) is 0 Å². The monoisotopic (exact) mass is 411 g/mol. The van der Waals surface area contributed by atoms with Gasteiger partial charge in [0.1, 0.15) is 0 Å². The van der Waals surface area contributed by atoms with Crippen molar-refractivity contribution in [3.8, 4) is 11.5 Å². The lowest BCUT2D eigenvalue weighted by molar-refractivity contribution is 0.0793. The van der Waals surface area contributed by atoms with E-state index in [0.717, 1.165) is 25.1 Å². The van der Waals surface area contributed by atoms with Crippen molar-refractivity contribution in [1.29, 1.82) is 0 Å². The number of anilines is 2. The van der Waals surface area contributed by atoms with Gasteiger partial charge in [0.15, 0.2) is 11.5 Å². The minimum Gasteiger partial charge on any atom is -0.493 e. The van der Waals surface area contributed by atoms with Crippen LogP contribution < -0.4 is 19.7 Å². The third-order valence-corrected chi connectivity index (χ3v) is 5.44. The Labute approximate surface area is 177 Å². The Balaban J connectivity index is 1.91. The Morgan fingerprint density at radius 3 is 2.20 bits per heavy atom. The van der Waals surface area contributed by atoms with Gasteiger partial charge in [-0.15, -0.1) is 0 Å². The Bertz CT molecular complexity index is 905. The number of carbonyl (C=O) groups excluding carboxylic acids is 2. The molecule has 1 N–H and O–H groups in total. The number of hydrogen-bond donors (Lipinski definition) is 1. The molecule has 7 nitrogen and oxygen atoms in total. The maximum Gasteiger partial charge on any atom is 0.256 e. The zero-order valence-electron chi connectivity index (χ0n) is 18.0. The average molecular weight is 412 g/mol. The highest BCUT2D eigenvalue weighted by molar-refractivity contribution is 6.09.